The lowest BCUT2D eigenvalue weighted by molar-refractivity contribution is -0.384. The molecule has 2 aromatic heterocycles. The van der Waals surface area contributed by atoms with Crippen LogP contribution < -0.4 is 16.0 Å². The van der Waals surface area contributed by atoms with Crippen LogP contribution in [-0.2, 0) is 13.6 Å². The van der Waals surface area contributed by atoms with Crippen LogP contribution in [0, 0.1) is 10.1 Å². The molecule has 12 heteroatoms. The maximum atomic E-state index is 12.6. The van der Waals surface area contributed by atoms with Gasteiger partial charge in [-0.05, 0) is 29.8 Å². The summed E-state index contributed by atoms with van der Waals surface area (Å²) in [5.41, 5.74) is -1.22. The minimum absolute atomic E-state index is 0.0458. The number of hydrogen-bond donors (Lipinski definition) is 2. The van der Waals surface area contributed by atoms with Gasteiger partial charge in [0.1, 0.15) is 0 Å². The molecule has 0 saturated heterocycles. The Bertz CT molecular complexity index is 1470. The van der Waals surface area contributed by atoms with Crippen molar-refractivity contribution in [2.45, 2.75) is 12.6 Å². The number of nitro groups is 1. The summed E-state index contributed by atoms with van der Waals surface area (Å²) < 4.78 is 7.65. The van der Waals surface area contributed by atoms with E-state index in [1.165, 1.54) is 48.0 Å². The van der Waals surface area contributed by atoms with Gasteiger partial charge in [-0.3, -0.25) is 29.0 Å². The maximum Gasteiger partial charge on any atom is 0.345 e. The number of H-pyrrole nitrogens is 1. The van der Waals surface area contributed by atoms with Crippen molar-refractivity contribution in [2.24, 2.45) is 7.05 Å². The molecule has 0 amide bonds. The predicted octanol–water partition coefficient (Wildman–Crippen LogP) is 1.28. The van der Waals surface area contributed by atoms with E-state index in [0.717, 1.165) is 4.57 Å². The largest absolute Gasteiger partial charge is 0.388 e. The molecule has 0 saturated carbocycles. The molecule has 0 bridgehead atoms. The molecule has 4 rings (SSSR count). The van der Waals surface area contributed by atoms with Crippen molar-refractivity contribution in [3.05, 3.63) is 96.7 Å². The Morgan fingerprint density at radius 2 is 1.85 bits per heavy atom. The van der Waals surface area contributed by atoms with Crippen molar-refractivity contribution in [2.75, 3.05) is 0 Å². The number of fused-ring (bicyclic) bond motifs is 1. The van der Waals surface area contributed by atoms with E-state index in [2.05, 4.69) is 9.97 Å². The van der Waals surface area contributed by atoms with Gasteiger partial charge in [-0.2, -0.15) is 4.98 Å². The molecule has 2 aromatic carbocycles. The number of imidazole rings is 1. The third kappa shape index (κ3) is 4.14. The van der Waals surface area contributed by atoms with Crippen molar-refractivity contribution in [1.29, 1.82) is 0 Å². The van der Waals surface area contributed by atoms with Crippen molar-refractivity contribution in [3.8, 4) is 6.01 Å². The van der Waals surface area contributed by atoms with Crippen LogP contribution in [0.25, 0.3) is 11.2 Å². The monoisotopic (exact) mass is 451 g/mol. The average molecular weight is 451 g/mol. The fraction of sp³-hybridized carbons (Fsp3) is 0.143. The first-order chi connectivity index (χ1) is 15.8. The summed E-state index contributed by atoms with van der Waals surface area (Å²) in [5, 5.41) is 21.6. The number of ether oxygens (including phenoxy) is 1. The van der Waals surface area contributed by atoms with E-state index >= 15 is 0 Å². The highest BCUT2D eigenvalue weighted by Crippen LogP contribution is 2.25. The van der Waals surface area contributed by atoms with E-state index < -0.39 is 28.2 Å². The molecule has 168 valence electrons. The molecule has 0 unspecified atom stereocenters. The molecule has 4 aromatic rings. The second-order valence-electron chi connectivity index (χ2n) is 7.12. The summed E-state index contributed by atoms with van der Waals surface area (Å²) >= 11 is 0. The third-order valence-corrected chi connectivity index (χ3v) is 5.01. The number of nitrogens with one attached hydrogen (secondary N) is 1. The lowest BCUT2D eigenvalue weighted by atomic mass is 10.1. The highest BCUT2D eigenvalue weighted by atomic mass is 16.6. The van der Waals surface area contributed by atoms with E-state index in [1.807, 2.05) is 0 Å². The number of aryl methyl sites for hydroxylation is 1. The third-order valence-electron chi connectivity index (χ3n) is 5.01. The van der Waals surface area contributed by atoms with Gasteiger partial charge in [-0.15, -0.1) is 0 Å². The SMILES string of the molecule is Cn1c(=O)[nH]c(=O)c2c1nc(OC(=O)c1ccccc1)n2C[C@H](O)c1ccc([N+](=O)[O-])cc1. The molecule has 2 N–H and O–H groups in total. The molecule has 33 heavy (non-hydrogen) atoms. The number of non-ortho nitro benzene ring substituents is 1. The Morgan fingerprint density at radius 3 is 2.48 bits per heavy atom. The topological polar surface area (TPSA) is 162 Å². The van der Waals surface area contributed by atoms with Crippen LogP contribution in [0.4, 0.5) is 5.69 Å². The number of carbonyl (C=O) groups excluding carboxylic acids is 1. The highest BCUT2D eigenvalue weighted by Gasteiger charge is 2.23. The van der Waals surface area contributed by atoms with Gasteiger partial charge >= 0.3 is 17.7 Å². The first kappa shape index (κ1) is 21.6. The number of rotatable bonds is 6. The summed E-state index contributed by atoms with van der Waals surface area (Å²) in [6.07, 6.45) is -1.24. The zero-order valence-electron chi connectivity index (χ0n) is 17.2. The minimum Gasteiger partial charge on any atom is -0.388 e. The van der Waals surface area contributed by atoms with E-state index in [9.17, 15) is 29.6 Å². The number of aliphatic hydroxyl groups is 1. The van der Waals surface area contributed by atoms with E-state index in [0.29, 0.717) is 5.56 Å². The minimum atomic E-state index is -1.24. The summed E-state index contributed by atoms with van der Waals surface area (Å²) in [5.74, 6) is -0.751. The van der Waals surface area contributed by atoms with Gasteiger partial charge in [-0.1, -0.05) is 18.2 Å². The molecular formula is C21H17N5O7. The number of nitro benzene ring substituents is 1. The number of hydrogen-bond acceptors (Lipinski definition) is 8. The molecule has 0 fully saturated rings. The zero-order chi connectivity index (χ0) is 23.7. The van der Waals surface area contributed by atoms with Crippen molar-refractivity contribution < 1.29 is 19.6 Å². The lowest BCUT2D eigenvalue weighted by Crippen LogP contribution is -2.29. The van der Waals surface area contributed by atoms with Gasteiger partial charge in [0.05, 0.1) is 23.1 Å². The number of aliphatic hydroxyl groups excluding tert-OH is 1. The van der Waals surface area contributed by atoms with Crippen LogP contribution in [0.5, 0.6) is 6.01 Å². The first-order valence-electron chi connectivity index (χ1n) is 9.65. The fourth-order valence-electron chi connectivity index (χ4n) is 3.27. The van der Waals surface area contributed by atoms with Gasteiger partial charge in [0, 0.05) is 19.2 Å². The molecule has 0 spiro atoms. The highest BCUT2D eigenvalue weighted by molar-refractivity contribution is 5.91. The van der Waals surface area contributed by atoms with E-state index in [1.54, 1.807) is 18.2 Å². The molecule has 12 nitrogen and oxygen atoms in total. The number of carbonyl (C=O) groups is 1. The van der Waals surface area contributed by atoms with E-state index in [-0.39, 0.29) is 35.0 Å². The Labute approximate surface area is 184 Å². The summed E-state index contributed by atoms with van der Waals surface area (Å²) in [6, 6.07) is 13.0. The lowest BCUT2D eigenvalue weighted by Gasteiger charge is -2.14. The quantitative estimate of drug-likeness (QED) is 0.252. The van der Waals surface area contributed by atoms with Gasteiger partial charge in [0.15, 0.2) is 11.2 Å². The molecule has 0 aliphatic carbocycles. The van der Waals surface area contributed by atoms with Crippen LogP contribution in [0.2, 0.25) is 0 Å². The van der Waals surface area contributed by atoms with Crippen LogP contribution in [0.15, 0.2) is 64.2 Å². The van der Waals surface area contributed by atoms with Gasteiger partial charge in [0.2, 0.25) is 0 Å². The first-order valence-corrected chi connectivity index (χ1v) is 9.65. The number of esters is 1. The standard InChI is InChI=1S/C21H17N5O7/c1-24-17-16(18(28)23-20(24)30)25(11-15(27)12-7-9-14(10-8-12)26(31)32)21(22-17)33-19(29)13-5-3-2-4-6-13/h2-10,15,27H,11H2,1H3,(H,23,28,30)/t15-/m0/s1. The van der Waals surface area contributed by atoms with Crippen LogP contribution in [0.1, 0.15) is 22.0 Å². The number of nitrogens with zero attached hydrogens (tertiary/aromatic N) is 4. The predicted molar refractivity (Wildman–Crippen MR) is 115 cm³/mol. The normalized spacial score (nSPS) is 11.9. The Balaban J connectivity index is 1.77. The van der Waals surface area contributed by atoms with Crippen molar-refractivity contribution in [3.63, 3.8) is 0 Å². The zero-order valence-corrected chi connectivity index (χ0v) is 17.2. The van der Waals surface area contributed by atoms with Crippen LogP contribution >= 0.6 is 0 Å². The summed E-state index contributed by atoms with van der Waals surface area (Å²) in [7, 11) is 1.38. The smallest absolute Gasteiger partial charge is 0.345 e. The van der Waals surface area contributed by atoms with Gasteiger partial charge in [-0.25, -0.2) is 9.59 Å². The second-order valence-corrected chi connectivity index (χ2v) is 7.12. The Hall–Kier alpha value is -4.58. The molecule has 1 atom stereocenters. The Morgan fingerprint density at radius 1 is 1.18 bits per heavy atom. The molecule has 0 aliphatic rings. The summed E-state index contributed by atoms with van der Waals surface area (Å²) in [6.45, 7) is -0.285. The van der Waals surface area contributed by atoms with Gasteiger partial charge in [0.25, 0.3) is 11.2 Å². The second kappa shape index (κ2) is 8.51. The van der Waals surface area contributed by atoms with Crippen molar-refractivity contribution >= 4 is 22.8 Å². The van der Waals surface area contributed by atoms with E-state index in [4.69, 9.17) is 4.74 Å². The molecule has 0 radical (unpaired) electrons. The van der Waals surface area contributed by atoms with Crippen molar-refractivity contribution in [1.82, 2.24) is 19.1 Å². The number of aromatic nitrogens is 4. The molecule has 2 heterocycles. The molecular weight excluding hydrogens is 434 g/mol. The van der Waals surface area contributed by atoms with Crippen LogP contribution in [0.3, 0.4) is 0 Å². The molecule has 0 aliphatic heterocycles. The fourth-order valence-corrected chi connectivity index (χ4v) is 3.27. The number of benzene rings is 2. The number of aromatic amines is 1. The van der Waals surface area contributed by atoms with Gasteiger partial charge < -0.3 is 9.84 Å². The Kier molecular flexibility index (Phi) is 5.58. The maximum absolute atomic E-state index is 12.6. The van der Waals surface area contributed by atoms with Crippen LogP contribution in [-0.4, -0.2) is 35.1 Å². The average Bonchev–Trinajstić information content (AvgIpc) is 3.16. The summed E-state index contributed by atoms with van der Waals surface area (Å²) in [4.78, 5) is 53.7.